The molecule has 0 aliphatic rings. The molecule has 0 atom stereocenters. The first-order valence-electron chi connectivity index (χ1n) is 11.4. The summed E-state index contributed by atoms with van der Waals surface area (Å²) in [6, 6.07) is 45.0. The van der Waals surface area contributed by atoms with E-state index in [9.17, 15) is 0 Å². The molecule has 0 aliphatic heterocycles. The van der Waals surface area contributed by atoms with Crippen molar-refractivity contribution < 1.29 is 0 Å². The van der Waals surface area contributed by atoms with Crippen molar-refractivity contribution in [3.8, 4) is 16.8 Å². The standard InChI is InChI=1S/C25H19N.C7H8/c1-18-14-15-25-23(16-18)22-12-5-6-13-24(22)26(25)21-11-7-10-20(17-21)19-8-3-2-4-9-19;1-7-5-3-2-4-6-7/h2-17H,1H3;2-6H,1H3. The minimum atomic E-state index is 1.20. The van der Waals surface area contributed by atoms with Crippen molar-refractivity contribution in [1.82, 2.24) is 4.57 Å². The zero-order valence-corrected chi connectivity index (χ0v) is 19.1. The van der Waals surface area contributed by atoms with Gasteiger partial charge in [0.15, 0.2) is 0 Å². The van der Waals surface area contributed by atoms with E-state index in [4.69, 9.17) is 0 Å². The van der Waals surface area contributed by atoms with E-state index in [-0.39, 0.29) is 0 Å². The molecule has 33 heavy (non-hydrogen) atoms. The molecular formula is C32H27N. The van der Waals surface area contributed by atoms with Gasteiger partial charge in [-0.15, -0.1) is 0 Å². The highest BCUT2D eigenvalue weighted by Gasteiger charge is 2.12. The molecule has 0 amide bonds. The molecule has 0 bridgehead atoms. The Morgan fingerprint density at radius 1 is 0.424 bits per heavy atom. The minimum Gasteiger partial charge on any atom is -0.309 e. The average Bonchev–Trinajstić information content (AvgIpc) is 3.19. The van der Waals surface area contributed by atoms with Crippen LogP contribution in [0.3, 0.4) is 0 Å². The molecule has 5 aromatic carbocycles. The first-order valence-corrected chi connectivity index (χ1v) is 11.4. The highest BCUT2D eigenvalue weighted by atomic mass is 15.0. The zero-order chi connectivity index (χ0) is 22.6. The molecule has 1 aromatic heterocycles. The molecule has 0 aliphatic carbocycles. The van der Waals surface area contributed by atoms with Crippen LogP contribution in [-0.4, -0.2) is 4.57 Å². The van der Waals surface area contributed by atoms with Crippen LogP contribution in [0.5, 0.6) is 0 Å². The monoisotopic (exact) mass is 425 g/mol. The minimum absolute atomic E-state index is 1.20. The van der Waals surface area contributed by atoms with E-state index in [0.29, 0.717) is 0 Å². The lowest BCUT2D eigenvalue weighted by Crippen LogP contribution is -1.94. The third-order valence-electron chi connectivity index (χ3n) is 5.98. The van der Waals surface area contributed by atoms with Crippen LogP contribution in [0.25, 0.3) is 38.6 Å². The summed E-state index contributed by atoms with van der Waals surface area (Å²) in [6.45, 7) is 4.24. The molecule has 160 valence electrons. The molecule has 0 saturated carbocycles. The fourth-order valence-electron chi connectivity index (χ4n) is 4.35. The summed E-state index contributed by atoms with van der Waals surface area (Å²) in [5.41, 5.74) is 8.79. The average molecular weight is 426 g/mol. The highest BCUT2D eigenvalue weighted by Crippen LogP contribution is 2.33. The summed E-state index contributed by atoms with van der Waals surface area (Å²) >= 11 is 0. The number of aryl methyl sites for hydroxylation is 2. The molecule has 6 rings (SSSR count). The SMILES string of the molecule is Cc1ccc2c(c1)c1ccccc1n2-c1cccc(-c2ccccc2)c1.Cc1ccccc1. The largest absolute Gasteiger partial charge is 0.309 e. The predicted octanol–water partition coefficient (Wildman–Crippen LogP) is 8.75. The molecule has 0 spiro atoms. The van der Waals surface area contributed by atoms with Crippen molar-refractivity contribution in [3.05, 3.63) is 139 Å². The van der Waals surface area contributed by atoms with Gasteiger partial charge < -0.3 is 4.57 Å². The molecule has 1 nitrogen and oxygen atoms in total. The summed E-state index contributed by atoms with van der Waals surface area (Å²) in [6.07, 6.45) is 0. The zero-order valence-electron chi connectivity index (χ0n) is 19.1. The van der Waals surface area contributed by atoms with E-state index in [2.05, 4.69) is 128 Å². The van der Waals surface area contributed by atoms with Crippen LogP contribution >= 0.6 is 0 Å². The normalized spacial score (nSPS) is 10.7. The molecule has 0 radical (unpaired) electrons. The van der Waals surface area contributed by atoms with Crippen molar-refractivity contribution >= 4 is 21.8 Å². The van der Waals surface area contributed by atoms with Crippen molar-refractivity contribution in [2.24, 2.45) is 0 Å². The van der Waals surface area contributed by atoms with Gasteiger partial charge >= 0.3 is 0 Å². The van der Waals surface area contributed by atoms with Crippen molar-refractivity contribution in [2.45, 2.75) is 13.8 Å². The van der Waals surface area contributed by atoms with Crippen LogP contribution in [0.1, 0.15) is 11.1 Å². The van der Waals surface area contributed by atoms with Gasteiger partial charge in [0.2, 0.25) is 0 Å². The van der Waals surface area contributed by atoms with Crippen LogP contribution in [-0.2, 0) is 0 Å². The Balaban J connectivity index is 0.000000281. The van der Waals surface area contributed by atoms with Crippen molar-refractivity contribution in [1.29, 1.82) is 0 Å². The van der Waals surface area contributed by atoms with Gasteiger partial charge in [-0.1, -0.05) is 108 Å². The lowest BCUT2D eigenvalue weighted by molar-refractivity contribution is 1.18. The van der Waals surface area contributed by atoms with Gasteiger partial charge in [-0.05, 0) is 55.3 Å². The summed E-state index contributed by atoms with van der Waals surface area (Å²) in [4.78, 5) is 0. The summed E-state index contributed by atoms with van der Waals surface area (Å²) < 4.78 is 2.37. The molecule has 1 heteroatoms. The summed E-state index contributed by atoms with van der Waals surface area (Å²) in [7, 11) is 0. The van der Waals surface area contributed by atoms with Gasteiger partial charge in [-0.25, -0.2) is 0 Å². The molecule has 0 saturated heterocycles. The van der Waals surface area contributed by atoms with Crippen LogP contribution < -0.4 is 0 Å². The van der Waals surface area contributed by atoms with E-state index < -0.39 is 0 Å². The summed E-state index contributed by atoms with van der Waals surface area (Å²) in [5.74, 6) is 0. The third-order valence-corrected chi connectivity index (χ3v) is 5.98. The maximum atomic E-state index is 2.37. The quantitative estimate of drug-likeness (QED) is 0.261. The molecule has 0 N–H and O–H groups in total. The Labute approximate surface area is 195 Å². The number of nitrogens with zero attached hydrogens (tertiary/aromatic N) is 1. The van der Waals surface area contributed by atoms with Crippen LogP contribution in [0.15, 0.2) is 127 Å². The molecule has 1 heterocycles. The number of rotatable bonds is 2. The maximum Gasteiger partial charge on any atom is 0.0541 e. The van der Waals surface area contributed by atoms with Crippen LogP contribution in [0, 0.1) is 13.8 Å². The first kappa shape index (κ1) is 20.8. The smallest absolute Gasteiger partial charge is 0.0541 e. The van der Waals surface area contributed by atoms with Gasteiger partial charge in [0.25, 0.3) is 0 Å². The lowest BCUT2D eigenvalue weighted by Gasteiger charge is -2.10. The van der Waals surface area contributed by atoms with Crippen LogP contribution in [0.4, 0.5) is 0 Å². The highest BCUT2D eigenvalue weighted by molar-refractivity contribution is 6.09. The maximum absolute atomic E-state index is 2.37. The van der Waals surface area contributed by atoms with Gasteiger partial charge in [0.05, 0.1) is 11.0 Å². The van der Waals surface area contributed by atoms with Crippen LogP contribution in [0.2, 0.25) is 0 Å². The molecule has 6 aromatic rings. The van der Waals surface area contributed by atoms with Gasteiger partial charge in [-0.2, -0.15) is 0 Å². The van der Waals surface area contributed by atoms with E-state index in [0.717, 1.165) is 0 Å². The fraction of sp³-hybridized carbons (Fsp3) is 0.0625. The Hall–Kier alpha value is -4.10. The molecule has 0 unspecified atom stereocenters. The number of fused-ring (bicyclic) bond motifs is 3. The van der Waals surface area contributed by atoms with Gasteiger partial charge in [0.1, 0.15) is 0 Å². The van der Waals surface area contributed by atoms with E-state index >= 15 is 0 Å². The fourth-order valence-corrected chi connectivity index (χ4v) is 4.35. The topological polar surface area (TPSA) is 4.93 Å². The van der Waals surface area contributed by atoms with Gasteiger partial charge in [-0.3, -0.25) is 0 Å². The van der Waals surface area contributed by atoms with Crippen molar-refractivity contribution in [2.75, 3.05) is 0 Å². The Bertz CT molecular complexity index is 1510. The number of hydrogen-bond acceptors (Lipinski definition) is 0. The Morgan fingerprint density at radius 3 is 1.79 bits per heavy atom. The second kappa shape index (κ2) is 9.18. The third kappa shape index (κ3) is 4.31. The number of aromatic nitrogens is 1. The van der Waals surface area contributed by atoms with E-state index in [1.54, 1.807) is 0 Å². The number of para-hydroxylation sites is 1. The Kier molecular flexibility index (Phi) is 5.78. The lowest BCUT2D eigenvalue weighted by atomic mass is 10.1. The number of hydrogen-bond donors (Lipinski definition) is 0. The first-order chi connectivity index (χ1) is 16.2. The second-order valence-electron chi connectivity index (χ2n) is 8.44. The Morgan fingerprint density at radius 2 is 1.06 bits per heavy atom. The predicted molar refractivity (Wildman–Crippen MR) is 142 cm³/mol. The van der Waals surface area contributed by atoms with E-state index in [1.165, 1.54) is 49.7 Å². The van der Waals surface area contributed by atoms with E-state index in [1.807, 2.05) is 18.2 Å². The van der Waals surface area contributed by atoms with Crippen molar-refractivity contribution in [3.63, 3.8) is 0 Å². The van der Waals surface area contributed by atoms with Gasteiger partial charge in [0, 0.05) is 16.5 Å². The number of benzene rings is 5. The molecule has 0 fully saturated rings. The summed E-state index contributed by atoms with van der Waals surface area (Å²) in [5, 5.41) is 2.61. The second-order valence-corrected chi connectivity index (χ2v) is 8.44. The molecular weight excluding hydrogens is 398 g/mol.